The van der Waals surface area contributed by atoms with E-state index in [1.54, 1.807) is 25.1 Å². The summed E-state index contributed by atoms with van der Waals surface area (Å²) in [6, 6.07) is 5.21. The van der Waals surface area contributed by atoms with Crippen LogP contribution < -0.4 is 19.5 Å². The van der Waals surface area contributed by atoms with E-state index < -0.39 is 11.9 Å². The number of hydrogen-bond donors (Lipinski definition) is 1. The minimum Gasteiger partial charge on any atom is -0.493 e. The molecule has 0 spiro atoms. The van der Waals surface area contributed by atoms with Crippen LogP contribution in [0.1, 0.15) is 27.1 Å². The Morgan fingerprint density at radius 2 is 1.74 bits per heavy atom. The van der Waals surface area contributed by atoms with E-state index in [1.165, 1.54) is 51.3 Å². The number of amides is 1. The van der Waals surface area contributed by atoms with Gasteiger partial charge in [0, 0.05) is 17.3 Å². The highest BCUT2D eigenvalue weighted by Crippen LogP contribution is 2.44. The number of carbonyl (C=O) groups is 2. The Balaban J connectivity index is 2.05. The molecule has 3 aromatic rings. The largest absolute Gasteiger partial charge is 0.493 e. The van der Waals surface area contributed by atoms with Crippen LogP contribution in [0.3, 0.4) is 0 Å². The van der Waals surface area contributed by atoms with Crippen LogP contribution in [0.2, 0.25) is 0 Å². The summed E-state index contributed by atoms with van der Waals surface area (Å²) in [4.78, 5) is 33.9. The average Bonchev–Trinajstić information content (AvgIpc) is 3.22. The maximum atomic E-state index is 12.6. The van der Waals surface area contributed by atoms with E-state index >= 15 is 0 Å². The maximum absolute atomic E-state index is 12.6. The Morgan fingerprint density at radius 1 is 1.03 bits per heavy atom. The molecule has 0 radical (unpaired) electrons. The van der Waals surface area contributed by atoms with Crippen LogP contribution in [-0.2, 0) is 4.74 Å². The van der Waals surface area contributed by atoms with Gasteiger partial charge in [-0.05, 0) is 30.7 Å². The van der Waals surface area contributed by atoms with Crippen LogP contribution in [0.4, 0.5) is 5.69 Å². The molecule has 2 heterocycles. The van der Waals surface area contributed by atoms with Crippen molar-refractivity contribution >= 4 is 28.9 Å². The minimum absolute atomic E-state index is 0.123. The molecular formula is C21H21N3O6S. The molecule has 9 nitrogen and oxygen atoms in total. The van der Waals surface area contributed by atoms with Crippen molar-refractivity contribution in [2.45, 2.75) is 6.92 Å². The summed E-state index contributed by atoms with van der Waals surface area (Å²) >= 11 is 1.17. The van der Waals surface area contributed by atoms with Crippen molar-refractivity contribution in [1.29, 1.82) is 0 Å². The fourth-order valence-electron chi connectivity index (χ4n) is 2.80. The fourth-order valence-corrected chi connectivity index (χ4v) is 3.80. The molecule has 0 bridgehead atoms. The molecule has 0 saturated carbocycles. The fraction of sp³-hybridized carbons (Fsp3) is 0.238. The Morgan fingerprint density at radius 3 is 2.29 bits per heavy atom. The first-order valence-corrected chi connectivity index (χ1v) is 10.0. The zero-order chi connectivity index (χ0) is 22.4. The molecule has 2 aromatic heterocycles. The van der Waals surface area contributed by atoms with Crippen LogP contribution in [0, 0.1) is 0 Å². The number of thiophene rings is 1. The number of rotatable bonds is 8. The lowest BCUT2D eigenvalue weighted by molar-refractivity contribution is 0.0533. The highest BCUT2D eigenvalue weighted by Gasteiger charge is 2.22. The molecule has 31 heavy (non-hydrogen) atoms. The van der Waals surface area contributed by atoms with Crippen molar-refractivity contribution in [3.05, 3.63) is 47.4 Å². The van der Waals surface area contributed by atoms with Gasteiger partial charge in [0.15, 0.2) is 11.5 Å². The van der Waals surface area contributed by atoms with E-state index in [-0.39, 0.29) is 17.2 Å². The van der Waals surface area contributed by atoms with E-state index in [9.17, 15) is 9.59 Å². The van der Waals surface area contributed by atoms with Gasteiger partial charge in [-0.25, -0.2) is 9.78 Å². The zero-order valence-electron chi connectivity index (χ0n) is 17.4. The number of nitrogens with one attached hydrogen (secondary N) is 1. The number of esters is 1. The lowest BCUT2D eigenvalue weighted by Crippen LogP contribution is -2.15. The summed E-state index contributed by atoms with van der Waals surface area (Å²) in [5.74, 6) is 0.349. The van der Waals surface area contributed by atoms with Crippen LogP contribution in [0.15, 0.2) is 36.8 Å². The predicted octanol–water partition coefficient (Wildman–Crippen LogP) is 3.66. The summed E-state index contributed by atoms with van der Waals surface area (Å²) < 4.78 is 21.3. The van der Waals surface area contributed by atoms with Crippen molar-refractivity contribution in [1.82, 2.24) is 9.97 Å². The van der Waals surface area contributed by atoms with Gasteiger partial charge >= 0.3 is 5.97 Å². The Bertz CT molecular complexity index is 1060. The monoisotopic (exact) mass is 443 g/mol. The highest BCUT2D eigenvalue weighted by atomic mass is 32.1. The third-order valence-electron chi connectivity index (χ3n) is 4.19. The molecule has 0 atom stereocenters. The average molecular weight is 443 g/mol. The van der Waals surface area contributed by atoms with Gasteiger partial charge in [-0.3, -0.25) is 9.78 Å². The standard InChI is InChI=1S/C21H21N3O6S/c1-5-30-21(26)19-13(24-20(25)14-11-22-6-7-23-14)10-17(31-19)12-8-15(27-2)18(29-4)16(9-12)28-3/h6-11H,5H2,1-4H3,(H,24,25). The third-order valence-corrected chi connectivity index (χ3v) is 5.35. The van der Waals surface area contributed by atoms with Crippen molar-refractivity contribution < 1.29 is 28.5 Å². The summed E-state index contributed by atoms with van der Waals surface area (Å²) in [6.45, 7) is 1.91. The van der Waals surface area contributed by atoms with Crippen molar-refractivity contribution in [3.8, 4) is 27.7 Å². The van der Waals surface area contributed by atoms with Crippen molar-refractivity contribution in [3.63, 3.8) is 0 Å². The van der Waals surface area contributed by atoms with Crippen molar-refractivity contribution in [2.24, 2.45) is 0 Å². The first-order valence-electron chi connectivity index (χ1n) is 9.21. The van der Waals surface area contributed by atoms with Gasteiger partial charge in [0.1, 0.15) is 10.6 Å². The zero-order valence-corrected chi connectivity index (χ0v) is 18.2. The second-order valence-electron chi connectivity index (χ2n) is 6.03. The predicted molar refractivity (Wildman–Crippen MR) is 115 cm³/mol. The third kappa shape index (κ3) is 4.75. The molecule has 0 fully saturated rings. The number of aromatic nitrogens is 2. The summed E-state index contributed by atoms with van der Waals surface area (Å²) in [5, 5.41) is 2.72. The molecule has 0 aliphatic carbocycles. The molecule has 0 aliphatic heterocycles. The van der Waals surface area contributed by atoms with E-state index in [0.29, 0.717) is 33.4 Å². The molecule has 1 amide bonds. The molecule has 3 rings (SSSR count). The lowest BCUT2D eigenvalue weighted by Gasteiger charge is -2.13. The number of ether oxygens (including phenoxy) is 4. The number of carbonyl (C=O) groups excluding carboxylic acids is 2. The second-order valence-corrected chi connectivity index (χ2v) is 7.08. The van der Waals surface area contributed by atoms with E-state index in [4.69, 9.17) is 18.9 Å². The van der Waals surface area contributed by atoms with E-state index in [2.05, 4.69) is 15.3 Å². The highest BCUT2D eigenvalue weighted by molar-refractivity contribution is 7.18. The van der Waals surface area contributed by atoms with Gasteiger partial charge in [-0.1, -0.05) is 0 Å². The van der Waals surface area contributed by atoms with Gasteiger partial charge in [-0.2, -0.15) is 0 Å². The Kier molecular flexibility index (Phi) is 7.03. The van der Waals surface area contributed by atoms with E-state index in [1.807, 2.05) is 0 Å². The topological polar surface area (TPSA) is 109 Å². The van der Waals surface area contributed by atoms with Crippen LogP contribution in [-0.4, -0.2) is 49.8 Å². The quantitative estimate of drug-likeness (QED) is 0.526. The van der Waals surface area contributed by atoms with Crippen LogP contribution in [0.25, 0.3) is 10.4 Å². The first-order chi connectivity index (χ1) is 15.0. The molecule has 0 unspecified atom stereocenters. The number of benzene rings is 1. The number of nitrogens with zero attached hydrogens (tertiary/aromatic N) is 2. The molecular weight excluding hydrogens is 422 g/mol. The maximum Gasteiger partial charge on any atom is 0.350 e. The molecule has 0 saturated heterocycles. The Hall–Kier alpha value is -3.66. The SMILES string of the molecule is CCOC(=O)c1sc(-c2cc(OC)c(OC)c(OC)c2)cc1NC(=O)c1cnccn1. The van der Waals surface area contributed by atoms with Crippen molar-refractivity contribution in [2.75, 3.05) is 33.3 Å². The normalized spacial score (nSPS) is 10.3. The molecule has 162 valence electrons. The van der Waals surface area contributed by atoms with Gasteiger partial charge in [0.05, 0.1) is 39.8 Å². The summed E-state index contributed by atoms with van der Waals surface area (Å²) in [5.41, 5.74) is 1.14. The van der Waals surface area contributed by atoms with Gasteiger partial charge in [0.2, 0.25) is 5.75 Å². The van der Waals surface area contributed by atoms with Crippen LogP contribution in [0.5, 0.6) is 17.2 Å². The number of methoxy groups -OCH3 is 3. The Labute approximate surface area is 183 Å². The molecule has 1 aromatic carbocycles. The lowest BCUT2D eigenvalue weighted by atomic mass is 10.1. The number of anilines is 1. The minimum atomic E-state index is -0.541. The molecule has 1 N–H and O–H groups in total. The van der Waals surface area contributed by atoms with Gasteiger partial charge in [0.25, 0.3) is 5.91 Å². The first kappa shape index (κ1) is 22.0. The molecule has 0 aliphatic rings. The van der Waals surface area contributed by atoms with E-state index in [0.717, 1.165) is 0 Å². The second kappa shape index (κ2) is 9.90. The van der Waals surface area contributed by atoms with Gasteiger partial charge in [-0.15, -0.1) is 11.3 Å². The summed E-state index contributed by atoms with van der Waals surface area (Å²) in [7, 11) is 4.56. The van der Waals surface area contributed by atoms with Gasteiger partial charge < -0.3 is 24.3 Å². The number of hydrogen-bond acceptors (Lipinski definition) is 9. The summed E-state index contributed by atoms with van der Waals surface area (Å²) in [6.07, 6.45) is 4.22. The van der Waals surface area contributed by atoms with Crippen LogP contribution >= 0.6 is 11.3 Å². The smallest absolute Gasteiger partial charge is 0.350 e. The molecule has 10 heteroatoms.